The second kappa shape index (κ2) is 6.45. The van der Waals surface area contributed by atoms with Gasteiger partial charge in [-0.1, -0.05) is 6.07 Å². The number of benzene rings is 1. The number of hydrogen-bond donors (Lipinski definition) is 1. The van der Waals surface area contributed by atoms with Crippen LogP contribution in [0.3, 0.4) is 0 Å². The molecule has 1 aromatic carbocycles. The largest absolute Gasteiger partial charge is 0.411 e. The van der Waals surface area contributed by atoms with E-state index in [1.807, 2.05) is 0 Å². The van der Waals surface area contributed by atoms with Crippen LogP contribution in [-0.2, 0) is 25.5 Å². The highest BCUT2D eigenvalue weighted by molar-refractivity contribution is 8.14. The third-order valence-electron chi connectivity index (χ3n) is 4.02. The molecule has 1 fully saturated rings. The van der Waals surface area contributed by atoms with E-state index in [9.17, 15) is 9.59 Å². The van der Waals surface area contributed by atoms with E-state index in [4.69, 9.17) is 9.47 Å². The number of rotatable bonds is 4. The molecule has 0 saturated carbocycles. The number of anilines is 1. The third kappa shape index (κ3) is 3.11. The van der Waals surface area contributed by atoms with E-state index in [1.54, 1.807) is 11.8 Å². The number of aliphatic imine (C=N–C) groups is 1. The number of esters is 2. The molecule has 0 unspecified atom stereocenters. The maximum Gasteiger partial charge on any atom is 0.321 e. The van der Waals surface area contributed by atoms with Crippen molar-refractivity contribution in [3.05, 3.63) is 23.8 Å². The van der Waals surface area contributed by atoms with Gasteiger partial charge in [0.15, 0.2) is 5.17 Å². The Labute approximate surface area is 143 Å². The lowest BCUT2D eigenvalue weighted by Gasteiger charge is -2.23. The van der Waals surface area contributed by atoms with Gasteiger partial charge < -0.3 is 14.4 Å². The molecular weight excluding hydrogens is 330 g/mol. The maximum absolute atomic E-state index is 11.2. The highest BCUT2D eigenvalue weighted by atomic mass is 32.2. The summed E-state index contributed by atoms with van der Waals surface area (Å²) in [5, 5.41) is 4.01. The topological polar surface area (TPSA) is 80.2 Å². The number of fused-ring (bicyclic) bond motifs is 3. The molecule has 3 aliphatic heterocycles. The van der Waals surface area contributed by atoms with E-state index in [0.717, 1.165) is 31.1 Å². The molecule has 7 nitrogen and oxygen atoms in total. The van der Waals surface area contributed by atoms with Crippen molar-refractivity contribution in [1.82, 2.24) is 5.32 Å². The third-order valence-corrected chi connectivity index (χ3v) is 5.10. The molecule has 0 spiro atoms. The van der Waals surface area contributed by atoms with Crippen molar-refractivity contribution in [1.29, 1.82) is 0 Å². The highest BCUT2D eigenvalue weighted by Gasteiger charge is 2.29. The van der Waals surface area contributed by atoms with Gasteiger partial charge in [-0.05, 0) is 42.3 Å². The highest BCUT2D eigenvalue weighted by Crippen LogP contribution is 2.41. The van der Waals surface area contributed by atoms with E-state index < -0.39 is 18.4 Å². The fourth-order valence-corrected chi connectivity index (χ4v) is 4.04. The molecule has 4 rings (SSSR count). The van der Waals surface area contributed by atoms with E-state index in [0.29, 0.717) is 6.54 Å². The molecule has 0 radical (unpaired) electrons. The molecule has 1 N–H and O–H groups in total. The number of ether oxygens (including phenoxy) is 2. The fraction of sp³-hybridized carbons (Fsp3) is 0.438. The van der Waals surface area contributed by atoms with Crippen molar-refractivity contribution in [2.24, 2.45) is 4.99 Å². The van der Waals surface area contributed by atoms with Crippen LogP contribution in [0.1, 0.15) is 18.4 Å². The van der Waals surface area contributed by atoms with E-state index >= 15 is 0 Å². The quantitative estimate of drug-likeness (QED) is 0.649. The van der Waals surface area contributed by atoms with Crippen LogP contribution in [0, 0.1) is 0 Å². The van der Waals surface area contributed by atoms with Gasteiger partial charge in [0.05, 0.1) is 5.69 Å². The average Bonchev–Trinajstić information content (AvgIpc) is 2.91. The smallest absolute Gasteiger partial charge is 0.321 e. The van der Waals surface area contributed by atoms with Crippen molar-refractivity contribution < 1.29 is 19.1 Å². The predicted molar refractivity (Wildman–Crippen MR) is 88.9 cm³/mol. The molecule has 0 bridgehead atoms. The van der Waals surface area contributed by atoms with Crippen molar-refractivity contribution in [3.63, 3.8) is 0 Å². The fourth-order valence-electron chi connectivity index (χ4n) is 2.89. The average molecular weight is 347 g/mol. The molecule has 1 aromatic rings. The van der Waals surface area contributed by atoms with Gasteiger partial charge >= 0.3 is 18.4 Å². The minimum absolute atomic E-state index is 0.319. The SMILES string of the molecule is O=C1CC(=O)OC(NCCc2ccc3c(c2)SC2=NCCCN23)O1. The summed E-state index contributed by atoms with van der Waals surface area (Å²) in [6.07, 6.45) is 0.534. The zero-order chi connectivity index (χ0) is 16.5. The first-order valence-electron chi connectivity index (χ1n) is 7.94. The molecule has 126 valence electrons. The molecule has 8 heteroatoms. The Morgan fingerprint density at radius 2 is 2.12 bits per heavy atom. The Bertz CT molecular complexity index is 705. The molecular formula is C16H17N3O4S. The monoisotopic (exact) mass is 347 g/mol. The van der Waals surface area contributed by atoms with Crippen LogP contribution >= 0.6 is 11.8 Å². The Kier molecular flexibility index (Phi) is 4.15. The molecule has 0 aromatic heterocycles. The summed E-state index contributed by atoms with van der Waals surface area (Å²) in [4.78, 5) is 30.4. The zero-order valence-electron chi connectivity index (χ0n) is 13.0. The van der Waals surface area contributed by atoms with Crippen molar-refractivity contribution in [3.8, 4) is 0 Å². The van der Waals surface area contributed by atoms with Crippen LogP contribution in [0.5, 0.6) is 0 Å². The van der Waals surface area contributed by atoms with Crippen LogP contribution in [0.2, 0.25) is 0 Å². The second-order valence-electron chi connectivity index (χ2n) is 5.77. The molecule has 3 heterocycles. The van der Waals surface area contributed by atoms with Crippen molar-refractivity contribution in [2.75, 3.05) is 24.5 Å². The van der Waals surface area contributed by atoms with Gasteiger partial charge in [0.1, 0.15) is 6.42 Å². The summed E-state index contributed by atoms with van der Waals surface area (Å²) in [5.41, 5.74) is 2.40. The summed E-state index contributed by atoms with van der Waals surface area (Å²) >= 11 is 1.71. The number of cyclic esters (lactones) is 2. The Hall–Kier alpha value is -2.06. The lowest BCUT2D eigenvalue weighted by Crippen LogP contribution is -2.43. The molecule has 0 aliphatic carbocycles. The number of amidine groups is 1. The standard InChI is InChI=1S/C16H17N3O4S/c20-13-9-14(21)23-16(22-13)18-6-4-10-2-3-11-12(8-10)24-15-17-5-1-7-19(11)15/h2-3,8,16,18H,1,4-7,9H2. The normalized spacial score (nSPS) is 20.2. The number of hydrogen-bond acceptors (Lipinski definition) is 8. The summed E-state index contributed by atoms with van der Waals surface area (Å²) in [6.45, 7) is 2.47. The molecule has 3 aliphatic rings. The summed E-state index contributed by atoms with van der Waals surface area (Å²) < 4.78 is 9.83. The maximum atomic E-state index is 11.2. The zero-order valence-corrected chi connectivity index (χ0v) is 13.8. The number of nitrogens with zero attached hydrogens (tertiary/aromatic N) is 2. The second-order valence-corrected chi connectivity index (χ2v) is 6.78. The van der Waals surface area contributed by atoms with Gasteiger partial charge in [-0.15, -0.1) is 0 Å². The summed E-state index contributed by atoms with van der Waals surface area (Å²) in [7, 11) is 0. The number of nitrogens with one attached hydrogen (secondary N) is 1. The Balaban J connectivity index is 1.35. The first-order chi connectivity index (χ1) is 11.7. The number of thioether (sulfide) groups is 1. The number of carbonyl (C=O) groups excluding carboxylic acids is 2. The molecule has 1 saturated heterocycles. The first kappa shape index (κ1) is 15.5. The van der Waals surface area contributed by atoms with Gasteiger partial charge in [-0.3, -0.25) is 14.6 Å². The predicted octanol–water partition coefficient (Wildman–Crippen LogP) is 1.26. The lowest BCUT2D eigenvalue weighted by atomic mass is 10.1. The van der Waals surface area contributed by atoms with Gasteiger partial charge in [0.25, 0.3) is 0 Å². The van der Waals surface area contributed by atoms with Gasteiger partial charge in [0, 0.05) is 24.5 Å². The Morgan fingerprint density at radius 3 is 2.96 bits per heavy atom. The van der Waals surface area contributed by atoms with Crippen molar-refractivity contribution >= 4 is 34.6 Å². The summed E-state index contributed by atoms with van der Waals surface area (Å²) in [5.74, 6) is -1.12. The van der Waals surface area contributed by atoms with E-state index in [-0.39, 0.29) is 6.42 Å². The molecule has 24 heavy (non-hydrogen) atoms. The van der Waals surface area contributed by atoms with Gasteiger partial charge in [-0.25, -0.2) is 5.32 Å². The van der Waals surface area contributed by atoms with Crippen LogP contribution in [0.15, 0.2) is 28.1 Å². The van der Waals surface area contributed by atoms with Gasteiger partial charge in [-0.2, -0.15) is 0 Å². The Morgan fingerprint density at radius 1 is 1.29 bits per heavy atom. The molecule has 0 atom stereocenters. The first-order valence-corrected chi connectivity index (χ1v) is 8.76. The van der Waals surface area contributed by atoms with E-state index in [1.165, 1.54) is 16.1 Å². The summed E-state index contributed by atoms with van der Waals surface area (Å²) in [6, 6.07) is 6.39. The van der Waals surface area contributed by atoms with E-state index in [2.05, 4.69) is 33.4 Å². The minimum atomic E-state index is -0.981. The molecule has 0 amide bonds. The van der Waals surface area contributed by atoms with Crippen LogP contribution in [-0.4, -0.2) is 43.2 Å². The number of carbonyl (C=O) groups is 2. The van der Waals surface area contributed by atoms with Crippen molar-refractivity contribution in [2.45, 2.75) is 30.6 Å². The van der Waals surface area contributed by atoms with Gasteiger partial charge in [0.2, 0.25) is 0 Å². The lowest BCUT2D eigenvalue weighted by molar-refractivity contribution is -0.208. The minimum Gasteiger partial charge on any atom is -0.411 e. The van der Waals surface area contributed by atoms with Crippen LogP contribution in [0.4, 0.5) is 5.69 Å². The van der Waals surface area contributed by atoms with Crippen LogP contribution in [0.25, 0.3) is 0 Å². The van der Waals surface area contributed by atoms with Crippen LogP contribution < -0.4 is 10.2 Å².